The zero-order chi connectivity index (χ0) is 18.2. The van der Waals surface area contributed by atoms with Crippen molar-refractivity contribution >= 4 is 34.4 Å². The summed E-state index contributed by atoms with van der Waals surface area (Å²) in [4.78, 5) is 19.8. The van der Waals surface area contributed by atoms with E-state index in [1.807, 2.05) is 0 Å². The molecule has 0 amide bonds. The van der Waals surface area contributed by atoms with E-state index in [1.165, 1.54) is 0 Å². The lowest BCUT2D eigenvalue weighted by molar-refractivity contribution is -0.158. The molecule has 3 atom stereocenters. The smallest absolute Gasteiger partial charge is 0.305 e. The van der Waals surface area contributed by atoms with Gasteiger partial charge >= 0.3 is 5.97 Å². The summed E-state index contributed by atoms with van der Waals surface area (Å²) in [5.74, 6) is 2.24. The topological polar surface area (TPSA) is 112 Å². The molecule has 132 valence electrons. The Balaban J connectivity index is 1.99. The molecule has 3 N–H and O–H groups in total. The first-order chi connectivity index (χ1) is 11.9. The second kappa shape index (κ2) is 6.52. The molecule has 0 spiro atoms. The summed E-state index contributed by atoms with van der Waals surface area (Å²) in [7, 11) is 0. The van der Waals surface area contributed by atoms with E-state index in [2.05, 4.69) is 15.9 Å². The first-order valence-corrected chi connectivity index (χ1v) is 8.07. The Hall–Kier alpha value is -2.34. The van der Waals surface area contributed by atoms with Gasteiger partial charge in [-0.3, -0.25) is 4.79 Å². The number of aromatic nitrogens is 3. The number of fused-ring (bicyclic) bond motifs is 1. The van der Waals surface area contributed by atoms with Crippen LogP contribution in [0.4, 0.5) is 5.82 Å². The molecular formula is C16H17ClN4O4. The number of aliphatic hydroxyl groups is 1. The van der Waals surface area contributed by atoms with Gasteiger partial charge in [0, 0.05) is 19.0 Å². The highest BCUT2D eigenvalue weighted by atomic mass is 35.5. The molecular weight excluding hydrogens is 348 g/mol. The predicted octanol–water partition coefficient (Wildman–Crippen LogP) is 1.27. The average molecular weight is 365 g/mol. The molecule has 1 aliphatic rings. The normalized spacial score (nSPS) is 25.8. The number of hydrogen-bond donors (Lipinski definition) is 2. The van der Waals surface area contributed by atoms with Crippen LogP contribution in [0, 0.1) is 12.3 Å². The van der Waals surface area contributed by atoms with E-state index in [-0.39, 0.29) is 23.9 Å². The molecule has 2 aromatic heterocycles. The molecule has 3 rings (SSSR count). The highest BCUT2D eigenvalue weighted by Crippen LogP contribution is 2.40. The van der Waals surface area contributed by atoms with Crippen molar-refractivity contribution in [2.75, 3.05) is 12.3 Å². The fourth-order valence-electron chi connectivity index (χ4n) is 2.87. The molecule has 0 bridgehead atoms. The molecule has 0 radical (unpaired) electrons. The van der Waals surface area contributed by atoms with E-state index in [0.29, 0.717) is 11.0 Å². The van der Waals surface area contributed by atoms with Crippen molar-refractivity contribution in [3.8, 4) is 12.3 Å². The minimum Gasteiger partial charge on any atom is -0.458 e. The highest BCUT2D eigenvalue weighted by molar-refractivity contribution is 6.28. The van der Waals surface area contributed by atoms with Gasteiger partial charge < -0.3 is 24.9 Å². The lowest BCUT2D eigenvalue weighted by Crippen LogP contribution is -2.44. The van der Waals surface area contributed by atoms with Crippen LogP contribution in [0.2, 0.25) is 5.28 Å². The number of anilines is 1. The van der Waals surface area contributed by atoms with Crippen LogP contribution in [0.25, 0.3) is 11.0 Å². The third-order valence-electron chi connectivity index (χ3n) is 4.21. The lowest BCUT2D eigenvalue weighted by Gasteiger charge is -2.26. The van der Waals surface area contributed by atoms with Crippen LogP contribution in [-0.2, 0) is 14.3 Å². The van der Waals surface area contributed by atoms with Crippen molar-refractivity contribution in [2.24, 2.45) is 0 Å². The number of rotatable bonds is 4. The molecule has 1 aliphatic heterocycles. The van der Waals surface area contributed by atoms with Gasteiger partial charge in [-0.2, -0.15) is 4.98 Å². The number of nitrogens with two attached hydrogens (primary N) is 1. The van der Waals surface area contributed by atoms with Crippen LogP contribution in [0.1, 0.15) is 26.0 Å². The highest BCUT2D eigenvalue weighted by Gasteiger charge is 2.50. The maximum Gasteiger partial charge on any atom is 0.305 e. The maximum atomic E-state index is 11.7. The van der Waals surface area contributed by atoms with Crippen LogP contribution in [0.5, 0.6) is 0 Å². The number of carbonyl (C=O) groups is 1. The molecule has 2 aromatic rings. The number of halogens is 1. The molecule has 9 heteroatoms. The van der Waals surface area contributed by atoms with Crippen molar-refractivity contribution < 1.29 is 19.4 Å². The first-order valence-electron chi connectivity index (χ1n) is 7.69. The predicted molar refractivity (Wildman–Crippen MR) is 90.5 cm³/mol. The van der Waals surface area contributed by atoms with E-state index < -0.39 is 30.5 Å². The van der Waals surface area contributed by atoms with Gasteiger partial charge in [0.25, 0.3) is 0 Å². The van der Waals surface area contributed by atoms with Gasteiger partial charge in [0.15, 0.2) is 5.60 Å². The molecule has 0 aromatic carbocycles. The van der Waals surface area contributed by atoms with Crippen molar-refractivity contribution in [3.63, 3.8) is 0 Å². The number of terminal acetylenes is 1. The molecule has 0 aliphatic carbocycles. The molecule has 1 fully saturated rings. The van der Waals surface area contributed by atoms with Crippen LogP contribution in [0.15, 0.2) is 12.3 Å². The summed E-state index contributed by atoms with van der Waals surface area (Å²) in [5, 5.41) is 10.4. The van der Waals surface area contributed by atoms with Gasteiger partial charge in [0.1, 0.15) is 23.8 Å². The summed E-state index contributed by atoms with van der Waals surface area (Å²) in [6.45, 7) is 1.19. The van der Waals surface area contributed by atoms with Crippen molar-refractivity contribution in [1.29, 1.82) is 0 Å². The van der Waals surface area contributed by atoms with E-state index in [0.717, 1.165) is 0 Å². The number of esters is 1. The fraction of sp³-hybridized carbons (Fsp3) is 0.438. The molecule has 0 unspecified atom stereocenters. The monoisotopic (exact) mass is 364 g/mol. The Morgan fingerprint density at radius 1 is 1.68 bits per heavy atom. The zero-order valence-corrected chi connectivity index (χ0v) is 14.2. The van der Waals surface area contributed by atoms with Crippen LogP contribution >= 0.6 is 11.6 Å². The van der Waals surface area contributed by atoms with Gasteiger partial charge in [-0.25, -0.2) is 4.98 Å². The SMILES string of the molecule is C#C[C@]1(CO)O[C@@H](n2ccc3c(N)nc(Cl)nc32)C[C@@H]1OC(=O)CC. The molecule has 8 nitrogen and oxygen atoms in total. The van der Waals surface area contributed by atoms with E-state index >= 15 is 0 Å². The van der Waals surface area contributed by atoms with Crippen LogP contribution < -0.4 is 5.73 Å². The fourth-order valence-corrected chi connectivity index (χ4v) is 3.04. The Labute approximate surface area is 148 Å². The van der Waals surface area contributed by atoms with E-state index in [9.17, 15) is 9.90 Å². The Morgan fingerprint density at radius 3 is 3.08 bits per heavy atom. The number of ether oxygens (including phenoxy) is 2. The van der Waals surface area contributed by atoms with Gasteiger partial charge in [-0.05, 0) is 17.7 Å². The number of hydrogen-bond acceptors (Lipinski definition) is 7. The van der Waals surface area contributed by atoms with Gasteiger partial charge in [0.05, 0.1) is 12.0 Å². The van der Waals surface area contributed by atoms with Gasteiger partial charge in [-0.15, -0.1) is 6.42 Å². The van der Waals surface area contributed by atoms with E-state index in [4.69, 9.17) is 33.2 Å². The molecule has 0 saturated carbocycles. The standard InChI is InChI=1S/C16H17ClN4O4/c1-3-12(23)24-10-7-11(25-16(10,4-2)8-22)21-6-5-9-13(18)19-15(17)20-14(9)21/h2,5-6,10-11,22H,3,7-8H2,1H3,(H2,18,19,20)/t10-,11+,16+/m0/s1. The lowest BCUT2D eigenvalue weighted by atomic mass is 9.98. The Bertz CT molecular complexity index is 862. The number of nitrogen functional groups attached to an aromatic ring is 1. The third-order valence-corrected chi connectivity index (χ3v) is 4.38. The zero-order valence-electron chi connectivity index (χ0n) is 13.5. The second-order valence-corrected chi connectivity index (χ2v) is 6.01. The largest absolute Gasteiger partial charge is 0.458 e. The van der Waals surface area contributed by atoms with Gasteiger partial charge in [0.2, 0.25) is 5.28 Å². The maximum absolute atomic E-state index is 11.7. The first kappa shape index (κ1) is 17.5. The number of nitrogens with zero attached hydrogens (tertiary/aromatic N) is 3. The van der Waals surface area contributed by atoms with Crippen molar-refractivity contribution in [1.82, 2.24) is 14.5 Å². The minimum absolute atomic E-state index is 0.00211. The summed E-state index contributed by atoms with van der Waals surface area (Å²) in [5.41, 5.74) is 4.90. The second-order valence-electron chi connectivity index (χ2n) is 5.67. The average Bonchev–Trinajstić information content (AvgIpc) is 3.16. The quantitative estimate of drug-likeness (QED) is 0.477. The van der Waals surface area contributed by atoms with Crippen LogP contribution in [0.3, 0.4) is 0 Å². The third kappa shape index (κ3) is 2.91. The van der Waals surface area contributed by atoms with Gasteiger partial charge in [-0.1, -0.05) is 12.8 Å². The molecule has 3 heterocycles. The summed E-state index contributed by atoms with van der Waals surface area (Å²) < 4.78 is 13.0. The number of aliphatic hydroxyl groups excluding tert-OH is 1. The van der Waals surface area contributed by atoms with E-state index in [1.54, 1.807) is 23.8 Å². The number of carbonyl (C=O) groups excluding carboxylic acids is 1. The molecule has 1 saturated heterocycles. The summed E-state index contributed by atoms with van der Waals surface area (Å²) in [6.07, 6.45) is 6.32. The van der Waals surface area contributed by atoms with Crippen molar-refractivity contribution in [2.45, 2.75) is 37.7 Å². The summed E-state index contributed by atoms with van der Waals surface area (Å²) in [6, 6.07) is 1.73. The van der Waals surface area contributed by atoms with Crippen LogP contribution in [-0.4, -0.2) is 43.9 Å². The Kier molecular flexibility index (Phi) is 4.56. The molecule has 25 heavy (non-hydrogen) atoms. The van der Waals surface area contributed by atoms with Crippen molar-refractivity contribution in [3.05, 3.63) is 17.5 Å². The Morgan fingerprint density at radius 2 is 2.44 bits per heavy atom. The minimum atomic E-state index is -1.42. The summed E-state index contributed by atoms with van der Waals surface area (Å²) >= 11 is 5.89.